The minimum absolute atomic E-state index is 0.122. The van der Waals surface area contributed by atoms with Crippen LogP contribution < -0.4 is 11.1 Å². The fourth-order valence-electron chi connectivity index (χ4n) is 1.47. The van der Waals surface area contributed by atoms with Gasteiger partial charge in [0.15, 0.2) is 0 Å². The summed E-state index contributed by atoms with van der Waals surface area (Å²) in [7, 11) is 0. The molecule has 0 spiro atoms. The molecular formula is C14H18N2O2. The van der Waals surface area contributed by atoms with Crippen molar-refractivity contribution in [2.45, 2.75) is 19.9 Å². The van der Waals surface area contributed by atoms with Crippen LogP contribution in [0.15, 0.2) is 24.3 Å². The Labute approximate surface area is 108 Å². The summed E-state index contributed by atoms with van der Waals surface area (Å²) in [5.41, 5.74) is 7.19. The molecule has 0 aromatic heterocycles. The third-order valence-electron chi connectivity index (χ3n) is 2.33. The molecule has 0 heterocycles. The Balaban J connectivity index is 2.73. The molecule has 1 unspecified atom stereocenters. The first-order valence-corrected chi connectivity index (χ1v) is 5.89. The maximum atomic E-state index is 11.3. The predicted molar refractivity (Wildman–Crippen MR) is 70.9 cm³/mol. The number of carbonyl (C=O) groups excluding carboxylic acids is 1. The molecule has 1 aromatic carbocycles. The van der Waals surface area contributed by atoms with Crippen molar-refractivity contribution in [3.8, 4) is 11.8 Å². The first-order valence-electron chi connectivity index (χ1n) is 5.89. The fourth-order valence-corrected chi connectivity index (χ4v) is 1.47. The summed E-state index contributed by atoms with van der Waals surface area (Å²) in [5, 5.41) is 2.75. The van der Waals surface area contributed by atoms with E-state index in [4.69, 9.17) is 10.5 Å². The van der Waals surface area contributed by atoms with E-state index in [1.165, 1.54) is 0 Å². The van der Waals surface area contributed by atoms with E-state index in [2.05, 4.69) is 17.2 Å². The number of hydrogen-bond donors (Lipinski definition) is 2. The molecule has 1 amide bonds. The third kappa shape index (κ3) is 4.48. The van der Waals surface area contributed by atoms with E-state index in [9.17, 15) is 4.79 Å². The maximum Gasteiger partial charge on any atom is 0.407 e. The lowest BCUT2D eigenvalue weighted by Gasteiger charge is -2.14. The molecule has 18 heavy (non-hydrogen) atoms. The molecule has 0 radical (unpaired) electrons. The summed E-state index contributed by atoms with van der Waals surface area (Å²) in [6.45, 7) is 4.36. The molecule has 0 aliphatic rings. The number of carbonyl (C=O) groups is 1. The van der Waals surface area contributed by atoms with Gasteiger partial charge in [0.25, 0.3) is 0 Å². The van der Waals surface area contributed by atoms with Crippen LogP contribution in [0.2, 0.25) is 0 Å². The largest absolute Gasteiger partial charge is 0.450 e. The molecule has 0 fully saturated rings. The number of nitrogens with one attached hydrogen (secondary N) is 1. The number of rotatable bonds is 3. The Kier molecular flexibility index (Phi) is 5.75. The van der Waals surface area contributed by atoms with E-state index in [1.54, 1.807) is 6.92 Å². The zero-order valence-electron chi connectivity index (χ0n) is 10.7. The Morgan fingerprint density at radius 2 is 2.33 bits per heavy atom. The summed E-state index contributed by atoms with van der Waals surface area (Å²) < 4.78 is 4.83. The lowest BCUT2D eigenvalue weighted by Crippen LogP contribution is -2.27. The average molecular weight is 246 g/mol. The van der Waals surface area contributed by atoms with Crippen LogP contribution in [0.1, 0.15) is 31.0 Å². The first-order chi connectivity index (χ1) is 8.67. The summed E-state index contributed by atoms with van der Waals surface area (Å²) in [6, 6.07) is 7.55. The number of ether oxygens (including phenoxy) is 1. The molecule has 0 bridgehead atoms. The van der Waals surface area contributed by atoms with Crippen LogP contribution in [0.4, 0.5) is 4.79 Å². The zero-order chi connectivity index (χ0) is 13.4. The van der Waals surface area contributed by atoms with Gasteiger partial charge in [-0.2, -0.15) is 0 Å². The minimum atomic E-state index is -0.413. The summed E-state index contributed by atoms with van der Waals surface area (Å²) in [6.07, 6.45) is -0.413. The second-order valence-corrected chi connectivity index (χ2v) is 3.72. The Bertz CT molecular complexity index is 460. The maximum absolute atomic E-state index is 11.3. The number of nitrogens with two attached hydrogens (primary N) is 1. The summed E-state index contributed by atoms with van der Waals surface area (Å²) >= 11 is 0. The van der Waals surface area contributed by atoms with Crippen LogP contribution in [0.5, 0.6) is 0 Å². The molecular weight excluding hydrogens is 228 g/mol. The average Bonchev–Trinajstić information content (AvgIpc) is 2.37. The number of amides is 1. The molecule has 3 N–H and O–H groups in total. The summed E-state index contributed by atoms with van der Waals surface area (Å²) in [5.74, 6) is 5.76. The van der Waals surface area contributed by atoms with Gasteiger partial charge >= 0.3 is 6.09 Å². The van der Waals surface area contributed by atoms with Gasteiger partial charge < -0.3 is 15.8 Å². The Hall–Kier alpha value is -1.99. The van der Waals surface area contributed by atoms with Crippen molar-refractivity contribution in [1.82, 2.24) is 5.32 Å². The van der Waals surface area contributed by atoms with Gasteiger partial charge in [0.1, 0.15) is 0 Å². The topological polar surface area (TPSA) is 64.3 Å². The van der Waals surface area contributed by atoms with E-state index in [-0.39, 0.29) is 6.04 Å². The van der Waals surface area contributed by atoms with Crippen molar-refractivity contribution in [3.63, 3.8) is 0 Å². The highest BCUT2D eigenvalue weighted by molar-refractivity contribution is 5.67. The first kappa shape index (κ1) is 14.1. The molecule has 4 heteroatoms. The summed E-state index contributed by atoms with van der Waals surface area (Å²) in [4.78, 5) is 11.3. The molecule has 1 rings (SSSR count). The van der Waals surface area contributed by atoms with Gasteiger partial charge in [-0.3, -0.25) is 0 Å². The number of alkyl carbamates (subject to hydrolysis) is 1. The van der Waals surface area contributed by atoms with E-state index < -0.39 is 6.09 Å². The number of hydrogen-bond acceptors (Lipinski definition) is 3. The highest BCUT2D eigenvalue weighted by Crippen LogP contribution is 2.13. The van der Waals surface area contributed by atoms with E-state index in [0.29, 0.717) is 13.2 Å². The van der Waals surface area contributed by atoms with Crippen molar-refractivity contribution in [2.75, 3.05) is 13.2 Å². The minimum Gasteiger partial charge on any atom is -0.450 e. The van der Waals surface area contributed by atoms with E-state index >= 15 is 0 Å². The third-order valence-corrected chi connectivity index (χ3v) is 2.33. The van der Waals surface area contributed by atoms with Crippen molar-refractivity contribution in [1.29, 1.82) is 0 Å². The predicted octanol–water partition coefficient (Wildman–Crippen LogP) is 1.80. The second kappa shape index (κ2) is 7.36. The monoisotopic (exact) mass is 246 g/mol. The van der Waals surface area contributed by atoms with Gasteiger partial charge in [0.05, 0.1) is 19.2 Å². The van der Waals surface area contributed by atoms with E-state index in [0.717, 1.165) is 11.1 Å². The SMILES string of the molecule is CCOC(=O)NC(C)c1cccc(C#CCN)c1. The lowest BCUT2D eigenvalue weighted by atomic mass is 10.1. The van der Waals surface area contributed by atoms with Crippen LogP contribution >= 0.6 is 0 Å². The highest BCUT2D eigenvalue weighted by Gasteiger charge is 2.09. The van der Waals surface area contributed by atoms with Crippen LogP contribution in [0.3, 0.4) is 0 Å². The van der Waals surface area contributed by atoms with Gasteiger partial charge in [-0.1, -0.05) is 24.0 Å². The second-order valence-electron chi connectivity index (χ2n) is 3.72. The molecule has 0 saturated heterocycles. The Morgan fingerprint density at radius 1 is 1.56 bits per heavy atom. The van der Waals surface area contributed by atoms with Crippen molar-refractivity contribution < 1.29 is 9.53 Å². The highest BCUT2D eigenvalue weighted by atomic mass is 16.5. The normalized spacial score (nSPS) is 11.1. The van der Waals surface area contributed by atoms with Crippen LogP contribution in [-0.4, -0.2) is 19.2 Å². The van der Waals surface area contributed by atoms with Crippen LogP contribution in [0, 0.1) is 11.8 Å². The zero-order valence-corrected chi connectivity index (χ0v) is 10.7. The molecule has 1 atom stereocenters. The smallest absolute Gasteiger partial charge is 0.407 e. The fraction of sp³-hybridized carbons (Fsp3) is 0.357. The van der Waals surface area contributed by atoms with Crippen LogP contribution in [0.25, 0.3) is 0 Å². The van der Waals surface area contributed by atoms with Gasteiger partial charge in [-0.05, 0) is 31.5 Å². The quantitative estimate of drug-likeness (QED) is 0.799. The Morgan fingerprint density at radius 3 is 3.00 bits per heavy atom. The van der Waals surface area contributed by atoms with Crippen LogP contribution in [-0.2, 0) is 4.74 Å². The van der Waals surface area contributed by atoms with Gasteiger partial charge in [0, 0.05) is 5.56 Å². The van der Waals surface area contributed by atoms with Gasteiger partial charge in [-0.15, -0.1) is 0 Å². The molecule has 96 valence electrons. The molecule has 4 nitrogen and oxygen atoms in total. The van der Waals surface area contributed by atoms with Gasteiger partial charge in [0.2, 0.25) is 0 Å². The van der Waals surface area contributed by atoms with Crippen molar-refractivity contribution in [3.05, 3.63) is 35.4 Å². The molecule has 1 aromatic rings. The van der Waals surface area contributed by atoms with Crippen molar-refractivity contribution >= 4 is 6.09 Å². The molecule has 0 aliphatic carbocycles. The standard InChI is InChI=1S/C14H18N2O2/c1-3-18-14(17)16-11(2)13-8-4-6-12(10-13)7-5-9-15/h4,6,8,10-11H,3,9,15H2,1-2H3,(H,16,17). The van der Waals surface area contributed by atoms with Crippen molar-refractivity contribution in [2.24, 2.45) is 5.73 Å². The molecule has 0 aliphatic heterocycles. The molecule has 0 saturated carbocycles. The van der Waals surface area contributed by atoms with E-state index in [1.807, 2.05) is 31.2 Å². The number of benzene rings is 1. The van der Waals surface area contributed by atoms with Gasteiger partial charge in [-0.25, -0.2) is 4.79 Å². The lowest BCUT2D eigenvalue weighted by molar-refractivity contribution is 0.149.